The molecule has 7 heteroatoms. The number of hydrogen-bond acceptors (Lipinski definition) is 5. The molecule has 4 rings (SSSR count). The van der Waals surface area contributed by atoms with Gasteiger partial charge in [-0.05, 0) is 81.0 Å². The molecule has 1 saturated heterocycles. The Labute approximate surface area is 204 Å². The number of piperidine rings is 1. The van der Waals surface area contributed by atoms with Crippen LogP contribution in [0.5, 0.6) is 5.75 Å². The molecule has 2 amide bonds. The summed E-state index contributed by atoms with van der Waals surface area (Å²) in [4.78, 5) is 30.1. The fourth-order valence-electron chi connectivity index (χ4n) is 5.94. The Hall–Kier alpha value is -2.12. The number of nitrogens with one attached hydrogen (secondary N) is 1. The fraction of sp³-hybridized carbons (Fsp3) is 0.704. The number of carbonyl (C=O) groups is 2. The smallest absolute Gasteiger partial charge is 0.242 e. The number of nitrogens with two attached hydrogens (primary N) is 1. The van der Waals surface area contributed by atoms with Crippen molar-refractivity contribution in [2.45, 2.75) is 83.0 Å². The van der Waals surface area contributed by atoms with Gasteiger partial charge in [-0.1, -0.05) is 18.6 Å². The van der Waals surface area contributed by atoms with Crippen molar-refractivity contribution in [2.24, 2.45) is 17.6 Å². The highest BCUT2D eigenvalue weighted by molar-refractivity contribution is 5.87. The average molecular weight is 471 g/mol. The normalized spacial score (nSPS) is 27.5. The van der Waals surface area contributed by atoms with E-state index in [-0.39, 0.29) is 17.9 Å². The van der Waals surface area contributed by atoms with Crippen LogP contribution in [-0.4, -0.2) is 66.5 Å². The minimum atomic E-state index is -0.387. The first-order chi connectivity index (χ1) is 16.5. The molecular formula is C27H42N4O3. The van der Waals surface area contributed by atoms with Gasteiger partial charge < -0.3 is 20.7 Å². The van der Waals surface area contributed by atoms with Crippen LogP contribution >= 0.6 is 0 Å². The first-order valence-electron chi connectivity index (χ1n) is 13.1. The number of rotatable bonds is 9. The van der Waals surface area contributed by atoms with E-state index in [0.29, 0.717) is 43.4 Å². The molecule has 3 unspecified atom stereocenters. The lowest BCUT2D eigenvalue weighted by molar-refractivity contribution is -0.142. The van der Waals surface area contributed by atoms with Crippen molar-refractivity contribution in [3.8, 4) is 5.75 Å². The molecule has 4 atom stereocenters. The summed E-state index contributed by atoms with van der Waals surface area (Å²) in [6, 6.07) is 8.77. The summed E-state index contributed by atoms with van der Waals surface area (Å²) >= 11 is 0. The number of methoxy groups -OCH3 is 1. The number of benzene rings is 1. The van der Waals surface area contributed by atoms with Gasteiger partial charge in [-0.25, -0.2) is 0 Å². The topological polar surface area (TPSA) is 87.9 Å². The standard InChI is InChI=1S/C27H42N4O3/c1-19(32)30-13-12-24(31(23-8-9-23)18-20-6-10-25(34-2)11-7-20)15-26(30)27(33)29-17-22-5-3-4-21(14-22)16-28/h6-7,10-11,21-24,26H,3-5,8-9,12-18,28H2,1-2H3,(H,29,33)/t21?,22?,24?,26-/m1/s1. The van der Waals surface area contributed by atoms with E-state index in [4.69, 9.17) is 10.5 Å². The third-order valence-electron chi connectivity index (χ3n) is 8.08. The zero-order chi connectivity index (χ0) is 24.1. The molecule has 3 N–H and O–H groups in total. The summed E-state index contributed by atoms with van der Waals surface area (Å²) in [5.74, 6) is 1.94. The highest BCUT2D eigenvalue weighted by Crippen LogP contribution is 2.35. The average Bonchev–Trinajstić information content (AvgIpc) is 3.71. The summed E-state index contributed by atoms with van der Waals surface area (Å²) in [5.41, 5.74) is 7.15. The first-order valence-corrected chi connectivity index (χ1v) is 13.1. The number of likely N-dealkylation sites (tertiary alicyclic amines) is 1. The minimum absolute atomic E-state index is 0.00686. The number of amides is 2. The van der Waals surface area contributed by atoms with E-state index in [0.717, 1.165) is 38.1 Å². The maximum absolute atomic E-state index is 13.3. The second-order valence-corrected chi connectivity index (χ2v) is 10.5. The van der Waals surface area contributed by atoms with Gasteiger partial charge in [0.25, 0.3) is 0 Å². The lowest BCUT2D eigenvalue weighted by Gasteiger charge is -2.43. The molecule has 188 valence electrons. The van der Waals surface area contributed by atoms with Crippen molar-refractivity contribution >= 4 is 11.8 Å². The third kappa shape index (κ3) is 6.30. The molecule has 1 aliphatic heterocycles. The number of hydrogen-bond donors (Lipinski definition) is 2. The minimum Gasteiger partial charge on any atom is -0.497 e. The molecule has 0 radical (unpaired) electrons. The maximum Gasteiger partial charge on any atom is 0.242 e. The Morgan fingerprint density at radius 2 is 1.79 bits per heavy atom. The SMILES string of the molecule is COc1ccc(CN(C2CC2)C2CCN(C(C)=O)[C@@H](C(=O)NCC3CCCC(CN)C3)C2)cc1. The van der Waals surface area contributed by atoms with E-state index in [1.165, 1.54) is 31.2 Å². The molecule has 2 saturated carbocycles. The van der Waals surface area contributed by atoms with Gasteiger partial charge in [0.05, 0.1) is 7.11 Å². The molecule has 1 heterocycles. The van der Waals surface area contributed by atoms with E-state index >= 15 is 0 Å². The van der Waals surface area contributed by atoms with Crippen LogP contribution in [0.25, 0.3) is 0 Å². The number of nitrogens with zero attached hydrogens (tertiary/aromatic N) is 2. The van der Waals surface area contributed by atoms with Gasteiger partial charge in [-0.15, -0.1) is 0 Å². The Bertz CT molecular complexity index is 826. The van der Waals surface area contributed by atoms with Gasteiger partial charge in [0.15, 0.2) is 0 Å². The van der Waals surface area contributed by atoms with Crippen LogP contribution < -0.4 is 15.8 Å². The number of carbonyl (C=O) groups excluding carboxylic acids is 2. The molecular weight excluding hydrogens is 428 g/mol. The summed E-state index contributed by atoms with van der Waals surface area (Å²) in [7, 11) is 1.68. The second kappa shape index (κ2) is 11.5. The van der Waals surface area contributed by atoms with Crippen LogP contribution in [0, 0.1) is 11.8 Å². The van der Waals surface area contributed by atoms with Gasteiger partial charge >= 0.3 is 0 Å². The second-order valence-electron chi connectivity index (χ2n) is 10.5. The van der Waals surface area contributed by atoms with Gasteiger partial charge in [0, 0.05) is 38.6 Å². The predicted molar refractivity (Wildman–Crippen MR) is 133 cm³/mol. The highest BCUT2D eigenvalue weighted by atomic mass is 16.5. The molecule has 3 aliphatic rings. The third-order valence-corrected chi connectivity index (χ3v) is 8.08. The molecule has 1 aromatic carbocycles. The molecule has 34 heavy (non-hydrogen) atoms. The Kier molecular flexibility index (Phi) is 8.48. The largest absolute Gasteiger partial charge is 0.497 e. The molecule has 1 aromatic rings. The van der Waals surface area contributed by atoms with Crippen LogP contribution in [0.1, 0.15) is 63.9 Å². The molecule has 0 spiro atoms. The van der Waals surface area contributed by atoms with Crippen LogP contribution in [0.2, 0.25) is 0 Å². The number of ether oxygens (including phenoxy) is 1. The monoisotopic (exact) mass is 470 g/mol. The molecule has 3 fully saturated rings. The van der Waals surface area contributed by atoms with Crippen molar-refractivity contribution in [1.82, 2.24) is 15.1 Å². The van der Waals surface area contributed by atoms with E-state index in [9.17, 15) is 9.59 Å². The van der Waals surface area contributed by atoms with Crippen LogP contribution in [0.4, 0.5) is 0 Å². The lowest BCUT2D eigenvalue weighted by atomic mass is 9.81. The van der Waals surface area contributed by atoms with Crippen molar-refractivity contribution < 1.29 is 14.3 Å². The van der Waals surface area contributed by atoms with Crippen molar-refractivity contribution in [3.05, 3.63) is 29.8 Å². The maximum atomic E-state index is 13.3. The Morgan fingerprint density at radius 3 is 2.44 bits per heavy atom. The lowest BCUT2D eigenvalue weighted by Crippen LogP contribution is -2.57. The molecule has 0 aromatic heterocycles. The van der Waals surface area contributed by atoms with E-state index < -0.39 is 0 Å². The Balaban J connectivity index is 1.39. The van der Waals surface area contributed by atoms with Gasteiger partial charge in [0.2, 0.25) is 11.8 Å². The zero-order valence-electron chi connectivity index (χ0n) is 20.9. The predicted octanol–water partition coefficient (Wildman–Crippen LogP) is 2.92. The highest BCUT2D eigenvalue weighted by Gasteiger charge is 2.41. The van der Waals surface area contributed by atoms with Crippen molar-refractivity contribution in [3.63, 3.8) is 0 Å². The molecule has 0 bridgehead atoms. The Morgan fingerprint density at radius 1 is 1.06 bits per heavy atom. The van der Waals surface area contributed by atoms with E-state index in [1.807, 2.05) is 12.1 Å². The van der Waals surface area contributed by atoms with Crippen LogP contribution in [0.3, 0.4) is 0 Å². The van der Waals surface area contributed by atoms with Crippen LogP contribution in [0.15, 0.2) is 24.3 Å². The first kappa shape index (κ1) is 25.0. The fourth-order valence-corrected chi connectivity index (χ4v) is 5.94. The quantitative estimate of drug-likeness (QED) is 0.579. The van der Waals surface area contributed by atoms with Gasteiger partial charge in [-0.3, -0.25) is 14.5 Å². The summed E-state index contributed by atoms with van der Waals surface area (Å²) in [6.07, 6.45) is 8.68. The summed E-state index contributed by atoms with van der Waals surface area (Å²) < 4.78 is 5.30. The van der Waals surface area contributed by atoms with Crippen LogP contribution in [-0.2, 0) is 16.1 Å². The molecule has 7 nitrogen and oxygen atoms in total. The van der Waals surface area contributed by atoms with E-state index in [2.05, 4.69) is 22.3 Å². The summed E-state index contributed by atoms with van der Waals surface area (Å²) in [5, 5.41) is 3.21. The van der Waals surface area contributed by atoms with E-state index in [1.54, 1.807) is 18.9 Å². The van der Waals surface area contributed by atoms with Crippen molar-refractivity contribution in [1.29, 1.82) is 0 Å². The van der Waals surface area contributed by atoms with Crippen molar-refractivity contribution in [2.75, 3.05) is 26.7 Å². The van der Waals surface area contributed by atoms with Gasteiger partial charge in [-0.2, -0.15) is 0 Å². The zero-order valence-corrected chi connectivity index (χ0v) is 20.9. The van der Waals surface area contributed by atoms with Gasteiger partial charge in [0.1, 0.15) is 11.8 Å². The summed E-state index contributed by atoms with van der Waals surface area (Å²) in [6.45, 7) is 4.53. The molecule has 2 aliphatic carbocycles.